The van der Waals surface area contributed by atoms with Gasteiger partial charge in [0.25, 0.3) is 0 Å². The van der Waals surface area contributed by atoms with Crippen molar-refractivity contribution in [3.8, 4) is 11.5 Å². The van der Waals surface area contributed by atoms with Crippen molar-refractivity contribution in [1.82, 2.24) is 5.32 Å². The Morgan fingerprint density at radius 1 is 1.17 bits per heavy atom. The summed E-state index contributed by atoms with van der Waals surface area (Å²) in [4.78, 5) is 0. The monoisotopic (exact) mass is 249 g/mol. The standard InChI is InChI=1S/C15H23NO2/c1-11(10-16-3)12(2)13-5-6-14-15(9-13)18-8-4-7-17-14/h5-6,9,11-12,16H,4,7-8,10H2,1-3H3. The van der Waals surface area contributed by atoms with Gasteiger partial charge >= 0.3 is 0 Å². The fourth-order valence-electron chi connectivity index (χ4n) is 2.29. The lowest BCUT2D eigenvalue weighted by Gasteiger charge is -2.21. The summed E-state index contributed by atoms with van der Waals surface area (Å²) in [5.74, 6) is 2.88. The second kappa shape index (κ2) is 6.10. The number of nitrogens with one attached hydrogen (secondary N) is 1. The Morgan fingerprint density at radius 3 is 2.61 bits per heavy atom. The van der Waals surface area contributed by atoms with Gasteiger partial charge < -0.3 is 14.8 Å². The minimum atomic E-state index is 0.509. The first-order valence-electron chi connectivity index (χ1n) is 6.76. The van der Waals surface area contributed by atoms with Crippen LogP contribution in [0.5, 0.6) is 11.5 Å². The van der Waals surface area contributed by atoms with E-state index in [-0.39, 0.29) is 0 Å². The zero-order chi connectivity index (χ0) is 13.0. The fourth-order valence-corrected chi connectivity index (χ4v) is 2.29. The molecule has 18 heavy (non-hydrogen) atoms. The molecule has 1 aromatic carbocycles. The van der Waals surface area contributed by atoms with E-state index in [1.807, 2.05) is 13.1 Å². The Balaban J connectivity index is 2.17. The summed E-state index contributed by atoms with van der Waals surface area (Å²) in [6.07, 6.45) is 0.954. The van der Waals surface area contributed by atoms with Crippen LogP contribution in [0, 0.1) is 5.92 Å². The SMILES string of the molecule is CNCC(C)C(C)c1ccc2c(c1)OCCCO2. The summed E-state index contributed by atoms with van der Waals surface area (Å²) >= 11 is 0. The van der Waals surface area contributed by atoms with Crippen molar-refractivity contribution < 1.29 is 9.47 Å². The third-order valence-corrected chi connectivity index (χ3v) is 3.68. The summed E-state index contributed by atoms with van der Waals surface area (Å²) in [6.45, 7) is 7.05. The van der Waals surface area contributed by atoms with Crippen molar-refractivity contribution in [3.05, 3.63) is 23.8 Å². The molecule has 1 heterocycles. The summed E-state index contributed by atoms with van der Waals surface area (Å²) in [7, 11) is 2.00. The van der Waals surface area contributed by atoms with E-state index >= 15 is 0 Å². The minimum Gasteiger partial charge on any atom is -0.490 e. The van der Waals surface area contributed by atoms with Gasteiger partial charge in [0.15, 0.2) is 11.5 Å². The first-order chi connectivity index (χ1) is 8.72. The third kappa shape index (κ3) is 2.96. The van der Waals surface area contributed by atoms with Crippen LogP contribution < -0.4 is 14.8 Å². The van der Waals surface area contributed by atoms with Crippen molar-refractivity contribution in [2.45, 2.75) is 26.2 Å². The fraction of sp³-hybridized carbons (Fsp3) is 0.600. The molecule has 0 fully saturated rings. The number of hydrogen-bond acceptors (Lipinski definition) is 3. The van der Waals surface area contributed by atoms with E-state index in [0.29, 0.717) is 11.8 Å². The average Bonchev–Trinajstić information content (AvgIpc) is 2.62. The van der Waals surface area contributed by atoms with Gasteiger partial charge in [-0.15, -0.1) is 0 Å². The maximum atomic E-state index is 5.74. The molecule has 0 spiro atoms. The molecule has 0 aromatic heterocycles. The van der Waals surface area contributed by atoms with Gasteiger partial charge in [-0.2, -0.15) is 0 Å². The largest absolute Gasteiger partial charge is 0.490 e. The van der Waals surface area contributed by atoms with Crippen molar-refractivity contribution in [2.75, 3.05) is 26.8 Å². The molecule has 2 atom stereocenters. The van der Waals surface area contributed by atoms with Gasteiger partial charge in [-0.05, 0) is 43.1 Å². The molecule has 0 saturated carbocycles. The molecule has 0 bridgehead atoms. The lowest BCUT2D eigenvalue weighted by Crippen LogP contribution is -2.20. The summed E-state index contributed by atoms with van der Waals surface area (Å²) in [6, 6.07) is 6.33. The van der Waals surface area contributed by atoms with Crippen LogP contribution in [0.15, 0.2) is 18.2 Å². The molecule has 100 valence electrons. The van der Waals surface area contributed by atoms with Crippen LogP contribution in [-0.2, 0) is 0 Å². The first kappa shape index (κ1) is 13.2. The van der Waals surface area contributed by atoms with Crippen LogP contribution in [0.4, 0.5) is 0 Å². The first-order valence-corrected chi connectivity index (χ1v) is 6.76. The highest BCUT2D eigenvalue weighted by Gasteiger charge is 2.17. The van der Waals surface area contributed by atoms with E-state index < -0.39 is 0 Å². The normalized spacial score (nSPS) is 17.9. The smallest absolute Gasteiger partial charge is 0.161 e. The predicted octanol–water partition coefficient (Wildman–Crippen LogP) is 2.81. The average molecular weight is 249 g/mol. The van der Waals surface area contributed by atoms with Gasteiger partial charge in [0.2, 0.25) is 0 Å². The predicted molar refractivity (Wildman–Crippen MR) is 73.6 cm³/mol. The zero-order valence-corrected chi connectivity index (χ0v) is 11.5. The van der Waals surface area contributed by atoms with Gasteiger partial charge in [0.05, 0.1) is 13.2 Å². The van der Waals surface area contributed by atoms with Gasteiger partial charge in [-0.1, -0.05) is 19.9 Å². The Labute approximate surface area is 109 Å². The number of benzene rings is 1. The number of rotatable bonds is 4. The van der Waals surface area contributed by atoms with Crippen LogP contribution in [-0.4, -0.2) is 26.8 Å². The van der Waals surface area contributed by atoms with E-state index in [4.69, 9.17) is 9.47 Å². The third-order valence-electron chi connectivity index (χ3n) is 3.68. The van der Waals surface area contributed by atoms with E-state index in [1.165, 1.54) is 5.56 Å². The molecule has 0 amide bonds. The van der Waals surface area contributed by atoms with Crippen molar-refractivity contribution >= 4 is 0 Å². The Bertz CT molecular complexity index is 392. The Kier molecular flexibility index (Phi) is 4.48. The molecule has 1 aromatic rings. The van der Waals surface area contributed by atoms with Crippen molar-refractivity contribution in [2.24, 2.45) is 5.92 Å². The number of ether oxygens (including phenoxy) is 2. The highest BCUT2D eigenvalue weighted by atomic mass is 16.5. The molecule has 1 N–H and O–H groups in total. The van der Waals surface area contributed by atoms with E-state index in [9.17, 15) is 0 Å². The lowest BCUT2D eigenvalue weighted by atomic mass is 9.88. The summed E-state index contributed by atoms with van der Waals surface area (Å²) in [5.41, 5.74) is 1.32. The molecule has 3 heteroatoms. The molecule has 2 rings (SSSR count). The molecule has 0 radical (unpaired) electrons. The van der Waals surface area contributed by atoms with E-state index in [1.54, 1.807) is 0 Å². The zero-order valence-electron chi connectivity index (χ0n) is 11.5. The van der Waals surface area contributed by atoms with Crippen molar-refractivity contribution in [1.29, 1.82) is 0 Å². The number of hydrogen-bond donors (Lipinski definition) is 1. The summed E-state index contributed by atoms with van der Waals surface area (Å²) in [5, 5.41) is 3.23. The molecule has 1 aliphatic rings. The second-order valence-electron chi connectivity index (χ2n) is 5.08. The molecular formula is C15H23NO2. The van der Waals surface area contributed by atoms with Crippen LogP contribution in [0.3, 0.4) is 0 Å². The molecular weight excluding hydrogens is 226 g/mol. The van der Waals surface area contributed by atoms with Gasteiger partial charge in [-0.3, -0.25) is 0 Å². The Morgan fingerprint density at radius 2 is 1.89 bits per heavy atom. The highest BCUT2D eigenvalue weighted by Crippen LogP contribution is 2.34. The molecule has 0 saturated heterocycles. The van der Waals surface area contributed by atoms with Gasteiger partial charge in [0.1, 0.15) is 0 Å². The van der Waals surface area contributed by atoms with E-state index in [2.05, 4.69) is 31.3 Å². The van der Waals surface area contributed by atoms with Crippen LogP contribution in [0.2, 0.25) is 0 Å². The van der Waals surface area contributed by atoms with E-state index in [0.717, 1.165) is 37.7 Å². The molecule has 0 aliphatic carbocycles. The highest BCUT2D eigenvalue weighted by molar-refractivity contribution is 5.44. The Hall–Kier alpha value is -1.22. The molecule has 2 unspecified atom stereocenters. The van der Waals surface area contributed by atoms with Crippen LogP contribution in [0.25, 0.3) is 0 Å². The van der Waals surface area contributed by atoms with Gasteiger partial charge in [0, 0.05) is 6.42 Å². The second-order valence-corrected chi connectivity index (χ2v) is 5.08. The summed E-state index contributed by atoms with van der Waals surface area (Å²) < 4.78 is 11.4. The molecule has 3 nitrogen and oxygen atoms in total. The molecule has 1 aliphatic heterocycles. The van der Waals surface area contributed by atoms with Crippen LogP contribution in [0.1, 0.15) is 31.7 Å². The topological polar surface area (TPSA) is 30.5 Å². The van der Waals surface area contributed by atoms with Gasteiger partial charge in [-0.25, -0.2) is 0 Å². The van der Waals surface area contributed by atoms with Crippen molar-refractivity contribution in [3.63, 3.8) is 0 Å². The lowest BCUT2D eigenvalue weighted by molar-refractivity contribution is 0.297. The quantitative estimate of drug-likeness (QED) is 0.890. The number of fused-ring (bicyclic) bond motifs is 1. The maximum Gasteiger partial charge on any atom is 0.161 e. The maximum absolute atomic E-state index is 5.74. The van der Waals surface area contributed by atoms with Crippen LogP contribution >= 0.6 is 0 Å². The minimum absolute atomic E-state index is 0.509.